The van der Waals surface area contributed by atoms with Gasteiger partial charge in [-0.15, -0.1) is 0 Å². The lowest BCUT2D eigenvalue weighted by atomic mass is 10.2. The summed E-state index contributed by atoms with van der Waals surface area (Å²) in [6.07, 6.45) is 2.84. The number of aromatic nitrogens is 3. The van der Waals surface area contributed by atoms with E-state index in [0.717, 1.165) is 10.0 Å². The fourth-order valence-electron chi connectivity index (χ4n) is 2.35. The van der Waals surface area contributed by atoms with Crippen LogP contribution < -0.4 is 5.56 Å². The quantitative estimate of drug-likeness (QED) is 0.520. The molecule has 0 aliphatic rings. The van der Waals surface area contributed by atoms with Gasteiger partial charge in [0.05, 0.1) is 29.2 Å². The van der Waals surface area contributed by atoms with E-state index in [1.807, 2.05) is 19.9 Å². The van der Waals surface area contributed by atoms with E-state index in [-0.39, 0.29) is 23.1 Å². The topological polar surface area (TPSA) is 71.6 Å². The second-order valence-corrected chi connectivity index (χ2v) is 6.46. The molecule has 0 atom stereocenters. The fourth-order valence-corrected chi connectivity index (χ4v) is 3.13. The van der Waals surface area contributed by atoms with Gasteiger partial charge in [0, 0.05) is 21.3 Å². The van der Waals surface area contributed by atoms with Gasteiger partial charge in [-0.25, -0.2) is 4.98 Å². The number of aryl methyl sites for hydroxylation is 1. The highest BCUT2D eigenvalue weighted by Gasteiger charge is 2.11. The van der Waals surface area contributed by atoms with E-state index < -0.39 is 0 Å². The molecule has 7 heteroatoms. The highest BCUT2D eigenvalue weighted by Crippen LogP contribution is 2.20. The van der Waals surface area contributed by atoms with Gasteiger partial charge in [-0.05, 0) is 41.1 Å². The molecule has 2 aromatic heterocycles. The third-order valence-corrected chi connectivity index (χ3v) is 4.46. The molecule has 0 aliphatic heterocycles. The van der Waals surface area contributed by atoms with Gasteiger partial charge in [0.15, 0.2) is 0 Å². The molecule has 0 saturated heterocycles. The summed E-state index contributed by atoms with van der Waals surface area (Å²) in [4.78, 5) is 21.0. The Bertz CT molecular complexity index is 1150. The number of nitrogens with zero attached hydrogens (tertiary/aromatic N) is 4. The third kappa shape index (κ3) is 4.54. The fraction of sp³-hybridized carbons (Fsp3) is 0.200. The molecule has 0 bridgehead atoms. The number of rotatable bonds is 1. The van der Waals surface area contributed by atoms with Crippen LogP contribution in [0.3, 0.4) is 0 Å². The first kappa shape index (κ1) is 20.6. The van der Waals surface area contributed by atoms with E-state index in [1.54, 1.807) is 25.1 Å². The zero-order chi connectivity index (χ0) is 20.0. The Morgan fingerprint density at radius 2 is 2.00 bits per heavy atom. The van der Waals surface area contributed by atoms with Crippen molar-refractivity contribution in [3.05, 3.63) is 67.4 Å². The van der Waals surface area contributed by atoms with Gasteiger partial charge >= 0.3 is 0 Å². The molecule has 27 heavy (non-hydrogen) atoms. The van der Waals surface area contributed by atoms with Gasteiger partial charge in [-0.3, -0.25) is 14.3 Å². The summed E-state index contributed by atoms with van der Waals surface area (Å²) in [6, 6.07) is 7.28. The van der Waals surface area contributed by atoms with Crippen LogP contribution in [0.5, 0.6) is 0 Å². The molecule has 5 nitrogen and oxygen atoms in total. The summed E-state index contributed by atoms with van der Waals surface area (Å²) in [5.74, 6) is 6.48. The standard InChI is InChI=1S/C18H10BrClN4O.C2H6/c1-11-23-16-10-22-9-13(8-21)17(16)18(25)24(11)6-2-3-12-4-5-14(20)7-15(12)19;1-2/h4-5,7,9-10H,6H2,1H3;1-2H3. The molecular formula is C20H16BrClN4O. The molecule has 0 aliphatic carbocycles. The number of nitriles is 1. The molecule has 0 amide bonds. The zero-order valence-corrected chi connectivity index (χ0v) is 17.4. The molecule has 0 fully saturated rings. The second kappa shape index (κ2) is 9.32. The average molecular weight is 444 g/mol. The van der Waals surface area contributed by atoms with Crippen LogP contribution in [0.2, 0.25) is 5.02 Å². The smallest absolute Gasteiger partial charge is 0.263 e. The average Bonchev–Trinajstić information content (AvgIpc) is 2.66. The maximum absolute atomic E-state index is 12.7. The van der Waals surface area contributed by atoms with Gasteiger partial charge in [0.1, 0.15) is 11.9 Å². The molecule has 0 unspecified atom stereocenters. The van der Waals surface area contributed by atoms with Gasteiger partial charge in [-0.2, -0.15) is 5.26 Å². The van der Waals surface area contributed by atoms with Crippen LogP contribution in [0.1, 0.15) is 30.8 Å². The van der Waals surface area contributed by atoms with Gasteiger partial charge in [-0.1, -0.05) is 37.3 Å². The first-order valence-corrected chi connectivity index (χ1v) is 9.37. The van der Waals surface area contributed by atoms with Gasteiger partial charge < -0.3 is 0 Å². The summed E-state index contributed by atoms with van der Waals surface area (Å²) in [6.45, 7) is 5.88. The molecule has 0 N–H and O–H groups in total. The minimum Gasteiger partial charge on any atom is -0.284 e. The van der Waals surface area contributed by atoms with E-state index >= 15 is 0 Å². The maximum Gasteiger partial charge on any atom is 0.263 e. The normalized spacial score (nSPS) is 9.63. The SMILES string of the molecule is CC.Cc1nc2cncc(C#N)c2c(=O)n1CC#Cc1ccc(Cl)cc1Br. The van der Waals surface area contributed by atoms with Crippen molar-refractivity contribution >= 4 is 38.4 Å². The molecule has 136 valence electrons. The summed E-state index contributed by atoms with van der Waals surface area (Å²) in [5, 5.41) is 10.1. The van der Waals surface area contributed by atoms with E-state index in [9.17, 15) is 10.1 Å². The lowest BCUT2D eigenvalue weighted by Gasteiger charge is -2.07. The highest BCUT2D eigenvalue weighted by atomic mass is 79.9. The Kier molecular flexibility index (Phi) is 7.12. The number of pyridine rings is 1. The van der Waals surface area contributed by atoms with Crippen LogP contribution >= 0.6 is 27.5 Å². The van der Waals surface area contributed by atoms with Crippen LogP contribution in [0.4, 0.5) is 0 Å². The molecule has 2 heterocycles. The van der Waals surface area contributed by atoms with Crippen molar-refractivity contribution in [3.63, 3.8) is 0 Å². The molecule has 3 rings (SSSR count). The minimum atomic E-state index is -0.300. The van der Waals surface area contributed by atoms with Crippen molar-refractivity contribution in [1.82, 2.24) is 14.5 Å². The predicted molar refractivity (Wildman–Crippen MR) is 111 cm³/mol. The number of hydrogen-bond donors (Lipinski definition) is 0. The van der Waals surface area contributed by atoms with Crippen LogP contribution in [-0.2, 0) is 6.54 Å². The van der Waals surface area contributed by atoms with Crippen LogP contribution in [-0.4, -0.2) is 14.5 Å². The van der Waals surface area contributed by atoms with E-state index in [2.05, 4.69) is 37.7 Å². The Labute approximate surface area is 170 Å². The number of fused-ring (bicyclic) bond motifs is 1. The Hall–Kier alpha value is -2.67. The number of benzene rings is 1. The summed E-state index contributed by atoms with van der Waals surface area (Å²) in [5.41, 5.74) is 1.08. The van der Waals surface area contributed by atoms with Crippen molar-refractivity contribution in [2.75, 3.05) is 0 Å². The highest BCUT2D eigenvalue weighted by molar-refractivity contribution is 9.10. The Morgan fingerprint density at radius 3 is 2.67 bits per heavy atom. The van der Waals surface area contributed by atoms with Crippen LogP contribution in [0.15, 0.2) is 39.9 Å². The van der Waals surface area contributed by atoms with Crippen molar-refractivity contribution < 1.29 is 0 Å². The first-order valence-electron chi connectivity index (χ1n) is 8.20. The molecule has 3 aromatic rings. The monoisotopic (exact) mass is 442 g/mol. The molecular weight excluding hydrogens is 428 g/mol. The molecule has 1 aromatic carbocycles. The third-order valence-electron chi connectivity index (χ3n) is 3.57. The van der Waals surface area contributed by atoms with E-state index in [4.69, 9.17) is 11.6 Å². The second-order valence-electron chi connectivity index (χ2n) is 5.17. The molecule has 0 spiro atoms. The molecule has 0 saturated carbocycles. The van der Waals surface area contributed by atoms with Gasteiger partial charge in [0.2, 0.25) is 0 Å². The van der Waals surface area contributed by atoms with Crippen LogP contribution in [0.25, 0.3) is 10.9 Å². The van der Waals surface area contributed by atoms with Crippen molar-refractivity contribution in [2.24, 2.45) is 0 Å². The lowest BCUT2D eigenvalue weighted by molar-refractivity contribution is 0.741. The van der Waals surface area contributed by atoms with Crippen molar-refractivity contribution in [3.8, 4) is 17.9 Å². The Balaban J connectivity index is 0.00000126. The maximum atomic E-state index is 12.7. The van der Waals surface area contributed by atoms with Gasteiger partial charge in [0.25, 0.3) is 5.56 Å². The van der Waals surface area contributed by atoms with Crippen molar-refractivity contribution in [2.45, 2.75) is 27.3 Å². The zero-order valence-electron chi connectivity index (χ0n) is 15.0. The largest absolute Gasteiger partial charge is 0.284 e. The summed E-state index contributed by atoms with van der Waals surface area (Å²) < 4.78 is 2.23. The lowest BCUT2D eigenvalue weighted by Crippen LogP contribution is -2.24. The van der Waals surface area contributed by atoms with Crippen molar-refractivity contribution in [1.29, 1.82) is 5.26 Å². The van der Waals surface area contributed by atoms with E-state index in [1.165, 1.54) is 17.0 Å². The predicted octanol–water partition coefficient (Wildman–Crippen LogP) is 4.47. The van der Waals surface area contributed by atoms with E-state index in [0.29, 0.717) is 16.4 Å². The first-order chi connectivity index (χ1) is 13.0. The number of hydrogen-bond acceptors (Lipinski definition) is 4. The van der Waals surface area contributed by atoms with Crippen LogP contribution in [0, 0.1) is 30.1 Å². The minimum absolute atomic E-state index is 0.163. The summed E-state index contributed by atoms with van der Waals surface area (Å²) >= 11 is 9.31. The molecule has 0 radical (unpaired) electrons. The number of halogens is 2. The summed E-state index contributed by atoms with van der Waals surface area (Å²) in [7, 11) is 0. The Morgan fingerprint density at radius 1 is 1.26 bits per heavy atom.